The Balaban J connectivity index is 2.21. The molecule has 0 spiro atoms. The zero-order chi connectivity index (χ0) is 20.9. The number of ether oxygens (including phenoxy) is 2. The molecule has 0 aliphatic carbocycles. The van der Waals surface area contributed by atoms with Crippen LogP contribution in [-0.4, -0.2) is 27.5 Å². The van der Waals surface area contributed by atoms with Crippen LogP contribution in [0.1, 0.15) is 13.8 Å². The molecule has 2 rings (SSSR count). The molecule has 28 heavy (non-hydrogen) atoms. The third-order valence-corrected chi connectivity index (χ3v) is 5.60. The van der Waals surface area contributed by atoms with Crippen molar-refractivity contribution in [3.63, 3.8) is 0 Å². The number of rotatable bonds is 8. The lowest BCUT2D eigenvalue weighted by molar-refractivity contribution is -0.144. The van der Waals surface area contributed by atoms with Crippen molar-refractivity contribution >= 4 is 16.0 Å². The number of hydrogen-bond acceptors (Lipinski definition) is 5. The molecule has 0 fully saturated rings. The second-order valence-electron chi connectivity index (χ2n) is 6.63. The predicted octanol–water partition coefficient (Wildman–Crippen LogP) is 3.65. The van der Waals surface area contributed by atoms with Crippen LogP contribution in [0.15, 0.2) is 66.1 Å². The predicted molar refractivity (Wildman–Crippen MR) is 103 cm³/mol. The van der Waals surface area contributed by atoms with E-state index in [-0.39, 0.29) is 10.7 Å². The summed E-state index contributed by atoms with van der Waals surface area (Å²) in [6.45, 7) is 6.99. The van der Waals surface area contributed by atoms with E-state index in [0.29, 0.717) is 11.5 Å². The molecule has 0 unspecified atom stereocenters. The van der Waals surface area contributed by atoms with E-state index < -0.39 is 27.4 Å². The van der Waals surface area contributed by atoms with Crippen molar-refractivity contribution in [2.45, 2.75) is 24.8 Å². The van der Waals surface area contributed by atoms with Gasteiger partial charge < -0.3 is 9.47 Å². The minimum absolute atomic E-state index is 0.0484. The Morgan fingerprint density at radius 1 is 1.11 bits per heavy atom. The van der Waals surface area contributed by atoms with Gasteiger partial charge >= 0.3 is 5.97 Å². The fraction of sp³-hybridized carbons (Fsp3) is 0.250. The third-order valence-electron chi connectivity index (χ3n) is 4.16. The summed E-state index contributed by atoms with van der Waals surface area (Å²) in [7, 11) is -2.82. The molecule has 0 saturated carbocycles. The third kappa shape index (κ3) is 5.17. The van der Waals surface area contributed by atoms with Crippen LogP contribution < -0.4 is 9.46 Å². The van der Waals surface area contributed by atoms with E-state index in [9.17, 15) is 17.6 Å². The van der Waals surface area contributed by atoms with Crippen LogP contribution in [0.2, 0.25) is 0 Å². The number of carbonyl (C=O) groups is 1. The van der Waals surface area contributed by atoms with Crippen molar-refractivity contribution in [3.8, 4) is 11.5 Å². The van der Waals surface area contributed by atoms with Gasteiger partial charge in [-0.1, -0.05) is 19.9 Å². The molecule has 2 aromatic carbocycles. The lowest BCUT2D eigenvalue weighted by Gasteiger charge is -2.29. The largest absolute Gasteiger partial charge is 0.468 e. The Kier molecular flexibility index (Phi) is 6.58. The minimum Gasteiger partial charge on any atom is -0.468 e. The van der Waals surface area contributed by atoms with Gasteiger partial charge in [0.15, 0.2) is 0 Å². The van der Waals surface area contributed by atoms with Crippen molar-refractivity contribution in [1.29, 1.82) is 0 Å². The van der Waals surface area contributed by atoms with E-state index in [2.05, 4.69) is 11.3 Å². The highest BCUT2D eigenvalue weighted by atomic mass is 32.2. The summed E-state index contributed by atoms with van der Waals surface area (Å²) in [5.74, 6) is -0.317. The fourth-order valence-electron chi connectivity index (χ4n) is 2.29. The Hall–Kier alpha value is -2.71. The molecule has 0 aromatic heterocycles. The van der Waals surface area contributed by atoms with Gasteiger partial charge in [-0.2, -0.15) is 4.72 Å². The number of esters is 1. The van der Waals surface area contributed by atoms with Crippen LogP contribution in [0, 0.1) is 11.2 Å². The molecule has 0 saturated heterocycles. The van der Waals surface area contributed by atoms with Crippen LogP contribution in [-0.2, 0) is 19.6 Å². The molecule has 8 heteroatoms. The summed E-state index contributed by atoms with van der Waals surface area (Å²) in [5.41, 5.74) is -0.869. The van der Waals surface area contributed by atoms with Crippen LogP contribution in [0.25, 0.3) is 0 Å². The van der Waals surface area contributed by atoms with Crippen LogP contribution in [0.3, 0.4) is 0 Å². The van der Waals surface area contributed by atoms with E-state index in [0.717, 1.165) is 0 Å². The van der Waals surface area contributed by atoms with Crippen LogP contribution in [0.4, 0.5) is 4.39 Å². The number of methoxy groups -OCH3 is 1. The van der Waals surface area contributed by atoms with E-state index in [1.807, 2.05) is 0 Å². The number of benzene rings is 2. The van der Waals surface area contributed by atoms with Gasteiger partial charge in [0.25, 0.3) is 0 Å². The standard InChI is InChI=1S/C20H22FNO5S/c1-5-20(2,3)18(19(23)26-4)22-28(24,25)17-12-10-16(11-13-17)27-15-8-6-14(21)7-9-15/h5-13,18,22H,1H2,2-4H3/t18-/m0/s1. The molecule has 0 aliphatic heterocycles. The topological polar surface area (TPSA) is 81.7 Å². The second-order valence-corrected chi connectivity index (χ2v) is 8.34. The average molecular weight is 407 g/mol. The number of halogens is 1. The summed E-state index contributed by atoms with van der Waals surface area (Å²) in [4.78, 5) is 12.0. The lowest BCUT2D eigenvalue weighted by atomic mass is 9.85. The zero-order valence-electron chi connectivity index (χ0n) is 15.8. The quantitative estimate of drug-likeness (QED) is 0.534. The molecule has 0 bridgehead atoms. The lowest BCUT2D eigenvalue weighted by Crippen LogP contribution is -2.49. The van der Waals surface area contributed by atoms with Crippen molar-refractivity contribution in [2.24, 2.45) is 5.41 Å². The van der Waals surface area contributed by atoms with E-state index >= 15 is 0 Å². The Labute approximate surface area is 164 Å². The van der Waals surface area contributed by atoms with E-state index in [4.69, 9.17) is 9.47 Å². The van der Waals surface area contributed by atoms with Crippen molar-refractivity contribution in [2.75, 3.05) is 7.11 Å². The number of sulfonamides is 1. The van der Waals surface area contributed by atoms with Gasteiger partial charge in [-0.3, -0.25) is 4.79 Å². The van der Waals surface area contributed by atoms with Crippen LogP contribution >= 0.6 is 0 Å². The molecule has 150 valence electrons. The first-order valence-electron chi connectivity index (χ1n) is 8.36. The van der Waals surface area contributed by atoms with Gasteiger partial charge in [0.05, 0.1) is 12.0 Å². The average Bonchev–Trinajstić information content (AvgIpc) is 2.67. The number of hydrogen-bond donors (Lipinski definition) is 1. The molecule has 1 N–H and O–H groups in total. The SMILES string of the molecule is C=CC(C)(C)[C@@H](NS(=O)(=O)c1ccc(Oc2ccc(F)cc2)cc1)C(=O)OC. The highest BCUT2D eigenvalue weighted by Gasteiger charge is 2.37. The molecule has 6 nitrogen and oxygen atoms in total. The van der Waals surface area contributed by atoms with Gasteiger partial charge in [-0.25, -0.2) is 12.8 Å². The van der Waals surface area contributed by atoms with Gasteiger partial charge in [0.1, 0.15) is 23.4 Å². The van der Waals surface area contributed by atoms with Gasteiger partial charge in [-0.15, -0.1) is 6.58 Å². The Morgan fingerprint density at radius 2 is 1.61 bits per heavy atom. The first-order chi connectivity index (χ1) is 13.1. The van der Waals surface area contributed by atoms with Gasteiger partial charge in [0, 0.05) is 5.41 Å². The molecule has 0 aliphatic rings. The smallest absolute Gasteiger partial charge is 0.324 e. The molecular formula is C20H22FNO5S. The normalized spacial score (nSPS) is 12.9. The summed E-state index contributed by atoms with van der Waals surface area (Å²) in [6, 6.07) is 9.90. The summed E-state index contributed by atoms with van der Waals surface area (Å²) in [5, 5.41) is 0. The molecule has 1 atom stereocenters. The molecular weight excluding hydrogens is 385 g/mol. The van der Waals surface area contributed by atoms with E-state index in [1.165, 1.54) is 61.7 Å². The molecule has 0 radical (unpaired) electrons. The fourth-order valence-corrected chi connectivity index (χ4v) is 3.63. The number of nitrogens with one attached hydrogen (secondary N) is 1. The summed E-state index contributed by atoms with van der Waals surface area (Å²) in [6.07, 6.45) is 1.48. The van der Waals surface area contributed by atoms with Gasteiger partial charge in [-0.05, 0) is 48.5 Å². The van der Waals surface area contributed by atoms with Crippen molar-refractivity contribution in [1.82, 2.24) is 4.72 Å². The monoisotopic (exact) mass is 407 g/mol. The molecule has 0 heterocycles. The summed E-state index contributed by atoms with van der Waals surface area (Å²) >= 11 is 0. The first kappa shape index (κ1) is 21.6. The second kappa shape index (κ2) is 8.53. The minimum atomic E-state index is -4.01. The van der Waals surface area contributed by atoms with Gasteiger partial charge in [0.2, 0.25) is 10.0 Å². The Morgan fingerprint density at radius 3 is 2.07 bits per heavy atom. The first-order valence-corrected chi connectivity index (χ1v) is 9.84. The summed E-state index contributed by atoms with van der Waals surface area (Å²) < 4.78 is 51.0. The zero-order valence-corrected chi connectivity index (χ0v) is 16.6. The Bertz CT molecular complexity index is 938. The maximum Gasteiger partial charge on any atom is 0.324 e. The molecule has 0 amide bonds. The highest BCUT2D eigenvalue weighted by molar-refractivity contribution is 7.89. The van der Waals surface area contributed by atoms with E-state index in [1.54, 1.807) is 13.8 Å². The maximum absolute atomic E-state index is 12.9. The van der Waals surface area contributed by atoms with Crippen LogP contribution in [0.5, 0.6) is 11.5 Å². The highest BCUT2D eigenvalue weighted by Crippen LogP contribution is 2.26. The molecule has 2 aromatic rings. The van der Waals surface area contributed by atoms with Crippen molar-refractivity contribution in [3.05, 3.63) is 67.0 Å². The number of carbonyl (C=O) groups excluding carboxylic acids is 1. The maximum atomic E-state index is 12.9. The van der Waals surface area contributed by atoms with Crippen molar-refractivity contribution < 1.29 is 27.1 Å².